The van der Waals surface area contributed by atoms with Gasteiger partial charge in [-0.25, -0.2) is 8.42 Å². The molecule has 2 rings (SSSR count). The van der Waals surface area contributed by atoms with Gasteiger partial charge in [0.2, 0.25) is 0 Å². The minimum absolute atomic E-state index is 0.158. The SMILES string of the molecule is CCOC(=O)C(Cc1ccc(NS(=O)(=O)c2ccccc2)cc1)C(C)C. The Morgan fingerprint density at radius 3 is 2.19 bits per heavy atom. The molecule has 0 aliphatic heterocycles. The van der Waals surface area contributed by atoms with Gasteiger partial charge >= 0.3 is 5.97 Å². The zero-order chi connectivity index (χ0) is 19.2. The van der Waals surface area contributed by atoms with E-state index in [4.69, 9.17) is 4.74 Å². The van der Waals surface area contributed by atoms with Crippen LogP contribution in [-0.2, 0) is 26.0 Å². The van der Waals surface area contributed by atoms with E-state index in [1.54, 1.807) is 49.4 Å². The average molecular weight is 375 g/mol. The second-order valence-electron chi connectivity index (χ2n) is 6.42. The fourth-order valence-corrected chi connectivity index (χ4v) is 3.70. The molecule has 0 aliphatic rings. The Hall–Kier alpha value is -2.34. The monoisotopic (exact) mass is 375 g/mol. The van der Waals surface area contributed by atoms with E-state index in [0.717, 1.165) is 5.56 Å². The first-order valence-corrected chi connectivity index (χ1v) is 10.1. The number of sulfonamides is 1. The molecule has 2 aromatic carbocycles. The van der Waals surface area contributed by atoms with Crippen LogP contribution in [0.3, 0.4) is 0 Å². The standard InChI is InChI=1S/C20H25NO4S/c1-4-25-20(22)19(15(2)3)14-16-10-12-17(13-11-16)21-26(23,24)18-8-6-5-7-9-18/h5-13,15,19,21H,4,14H2,1-3H3. The van der Waals surface area contributed by atoms with Crippen LogP contribution < -0.4 is 4.72 Å². The summed E-state index contributed by atoms with van der Waals surface area (Å²) >= 11 is 0. The van der Waals surface area contributed by atoms with Crippen LogP contribution in [0.25, 0.3) is 0 Å². The summed E-state index contributed by atoms with van der Waals surface area (Å²) in [5.41, 5.74) is 1.44. The molecule has 0 bridgehead atoms. The highest BCUT2D eigenvalue weighted by molar-refractivity contribution is 7.92. The third-order valence-corrected chi connectivity index (χ3v) is 5.51. The fourth-order valence-electron chi connectivity index (χ4n) is 2.62. The summed E-state index contributed by atoms with van der Waals surface area (Å²) in [6.07, 6.45) is 0.558. The van der Waals surface area contributed by atoms with E-state index in [0.29, 0.717) is 18.7 Å². The summed E-state index contributed by atoms with van der Waals surface area (Å²) < 4.78 is 32.4. The lowest BCUT2D eigenvalue weighted by molar-refractivity contribution is -0.149. The van der Waals surface area contributed by atoms with Gasteiger partial charge in [-0.3, -0.25) is 9.52 Å². The van der Waals surface area contributed by atoms with E-state index in [9.17, 15) is 13.2 Å². The Morgan fingerprint density at radius 2 is 1.65 bits per heavy atom. The third-order valence-electron chi connectivity index (χ3n) is 4.11. The quantitative estimate of drug-likeness (QED) is 0.711. The summed E-state index contributed by atoms with van der Waals surface area (Å²) in [5.74, 6) is -0.261. The zero-order valence-electron chi connectivity index (χ0n) is 15.3. The number of anilines is 1. The lowest BCUT2D eigenvalue weighted by Gasteiger charge is -2.19. The van der Waals surface area contributed by atoms with Crippen LogP contribution in [0.1, 0.15) is 26.3 Å². The molecule has 0 saturated heterocycles. The molecule has 0 aromatic heterocycles. The minimum Gasteiger partial charge on any atom is -0.466 e. The van der Waals surface area contributed by atoms with Crippen molar-refractivity contribution in [1.29, 1.82) is 0 Å². The highest BCUT2D eigenvalue weighted by atomic mass is 32.2. The Labute approximate surface area is 155 Å². The van der Waals surface area contributed by atoms with Crippen LogP contribution in [0.2, 0.25) is 0 Å². The van der Waals surface area contributed by atoms with Gasteiger partial charge in [0.05, 0.1) is 17.4 Å². The van der Waals surface area contributed by atoms with Gasteiger partial charge in [-0.1, -0.05) is 44.2 Å². The molecule has 0 amide bonds. The first-order chi connectivity index (χ1) is 12.3. The summed E-state index contributed by atoms with van der Waals surface area (Å²) in [7, 11) is -3.61. The van der Waals surface area contributed by atoms with Crippen LogP contribution in [0.5, 0.6) is 0 Å². The second-order valence-corrected chi connectivity index (χ2v) is 8.10. The van der Waals surface area contributed by atoms with E-state index < -0.39 is 10.0 Å². The topological polar surface area (TPSA) is 72.5 Å². The van der Waals surface area contributed by atoms with E-state index in [-0.39, 0.29) is 22.7 Å². The predicted molar refractivity (Wildman–Crippen MR) is 102 cm³/mol. The van der Waals surface area contributed by atoms with E-state index >= 15 is 0 Å². The second kappa shape index (κ2) is 8.85. The molecule has 0 aliphatic carbocycles. The molecule has 0 fully saturated rings. The largest absolute Gasteiger partial charge is 0.466 e. The number of carbonyl (C=O) groups is 1. The molecule has 6 heteroatoms. The minimum atomic E-state index is -3.61. The molecular weight excluding hydrogens is 350 g/mol. The summed E-state index contributed by atoms with van der Waals surface area (Å²) in [5, 5.41) is 0. The van der Waals surface area contributed by atoms with Crippen molar-refractivity contribution in [2.75, 3.05) is 11.3 Å². The number of carbonyl (C=O) groups excluding carboxylic acids is 1. The van der Waals surface area contributed by atoms with Crippen molar-refractivity contribution < 1.29 is 17.9 Å². The van der Waals surface area contributed by atoms with Gasteiger partial charge in [0.1, 0.15) is 0 Å². The molecule has 26 heavy (non-hydrogen) atoms. The first kappa shape index (κ1) is 20.0. The van der Waals surface area contributed by atoms with Crippen molar-refractivity contribution in [3.8, 4) is 0 Å². The molecule has 140 valence electrons. The van der Waals surface area contributed by atoms with E-state index in [2.05, 4.69) is 4.72 Å². The van der Waals surface area contributed by atoms with Crippen molar-refractivity contribution in [1.82, 2.24) is 0 Å². The maximum atomic E-state index is 12.3. The number of hydrogen-bond donors (Lipinski definition) is 1. The van der Waals surface area contributed by atoms with Crippen molar-refractivity contribution >= 4 is 21.7 Å². The van der Waals surface area contributed by atoms with Gasteiger partial charge in [0.25, 0.3) is 10.0 Å². The van der Waals surface area contributed by atoms with Gasteiger partial charge < -0.3 is 4.74 Å². The van der Waals surface area contributed by atoms with Gasteiger partial charge in [-0.2, -0.15) is 0 Å². The van der Waals surface area contributed by atoms with Crippen molar-refractivity contribution in [3.05, 3.63) is 60.2 Å². The molecule has 0 spiro atoms. The van der Waals surface area contributed by atoms with Crippen LogP contribution in [0.4, 0.5) is 5.69 Å². The van der Waals surface area contributed by atoms with Gasteiger partial charge in [0.15, 0.2) is 0 Å². The van der Waals surface area contributed by atoms with Crippen molar-refractivity contribution in [2.45, 2.75) is 32.1 Å². The third kappa shape index (κ3) is 5.33. The summed E-state index contributed by atoms with van der Waals surface area (Å²) in [4.78, 5) is 12.3. The molecule has 1 N–H and O–H groups in total. The normalized spacial score (nSPS) is 12.6. The number of esters is 1. The van der Waals surface area contributed by atoms with Crippen LogP contribution >= 0.6 is 0 Å². The number of hydrogen-bond acceptors (Lipinski definition) is 4. The molecule has 1 unspecified atom stereocenters. The molecule has 0 saturated carbocycles. The van der Waals surface area contributed by atoms with Gasteiger partial charge in [-0.05, 0) is 49.1 Å². The van der Waals surface area contributed by atoms with E-state index in [1.165, 1.54) is 0 Å². The molecule has 2 aromatic rings. The van der Waals surface area contributed by atoms with E-state index in [1.807, 2.05) is 26.0 Å². The average Bonchev–Trinajstić information content (AvgIpc) is 2.61. The Kier molecular flexibility index (Phi) is 6.80. The number of ether oxygens (including phenoxy) is 1. The lowest BCUT2D eigenvalue weighted by atomic mass is 9.89. The molecule has 1 atom stereocenters. The maximum Gasteiger partial charge on any atom is 0.309 e. The van der Waals surface area contributed by atoms with Crippen molar-refractivity contribution in [3.63, 3.8) is 0 Å². The molecular formula is C20H25NO4S. The van der Waals surface area contributed by atoms with Crippen molar-refractivity contribution in [2.24, 2.45) is 11.8 Å². The van der Waals surface area contributed by atoms with Crippen LogP contribution in [0, 0.1) is 11.8 Å². The highest BCUT2D eigenvalue weighted by Gasteiger charge is 2.23. The Bertz CT molecular complexity index is 815. The predicted octanol–water partition coefficient (Wildman–Crippen LogP) is 3.87. The molecule has 5 nitrogen and oxygen atoms in total. The van der Waals surface area contributed by atoms with Gasteiger partial charge in [0, 0.05) is 5.69 Å². The molecule has 0 heterocycles. The summed E-state index contributed by atoms with van der Waals surface area (Å²) in [6.45, 7) is 6.14. The number of nitrogens with one attached hydrogen (secondary N) is 1. The number of rotatable bonds is 8. The molecule has 0 radical (unpaired) electrons. The van der Waals surface area contributed by atoms with Crippen LogP contribution in [0.15, 0.2) is 59.5 Å². The lowest BCUT2D eigenvalue weighted by Crippen LogP contribution is -2.25. The maximum absolute atomic E-state index is 12.3. The van der Waals surface area contributed by atoms with Gasteiger partial charge in [-0.15, -0.1) is 0 Å². The highest BCUT2D eigenvalue weighted by Crippen LogP contribution is 2.21. The fraction of sp³-hybridized carbons (Fsp3) is 0.350. The number of benzene rings is 2. The Morgan fingerprint density at radius 1 is 1.04 bits per heavy atom. The summed E-state index contributed by atoms with van der Waals surface area (Å²) in [6, 6.07) is 15.3. The Balaban J connectivity index is 2.09. The smallest absolute Gasteiger partial charge is 0.309 e. The van der Waals surface area contributed by atoms with Crippen LogP contribution in [-0.4, -0.2) is 21.0 Å². The first-order valence-electron chi connectivity index (χ1n) is 8.67. The zero-order valence-corrected chi connectivity index (χ0v) is 16.1.